The first-order valence-electron chi connectivity index (χ1n) is 9.92. The first-order valence-corrected chi connectivity index (χ1v) is 9.92. The molecule has 0 spiro atoms. The van der Waals surface area contributed by atoms with Crippen LogP contribution in [-0.2, 0) is 19.4 Å². The summed E-state index contributed by atoms with van der Waals surface area (Å²) in [5.74, 6) is 1.58. The minimum atomic E-state index is -0.209. The van der Waals surface area contributed by atoms with Gasteiger partial charge in [0.2, 0.25) is 0 Å². The Morgan fingerprint density at radius 1 is 1.07 bits per heavy atom. The third-order valence-corrected chi connectivity index (χ3v) is 5.25. The second kappa shape index (κ2) is 8.34. The van der Waals surface area contributed by atoms with Crippen LogP contribution in [0.5, 0.6) is 5.75 Å². The summed E-state index contributed by atoms with van der Waals surface area (Å²) in [6, 6.07) is 19.7. The Kier molecular flexibility index (Phi) is 5.47. The number of fused-ring (bicyclic) bond motifs is 1. The average molecular weight is 375 g/mol. The highest BCUT2D eigenvalue weighted by atomic mass is 16.5. The van der Waals surface area contributed by atoms with Gasteiger partial charge in [-0.1, -0.05) is 43.3 Å². The van der Waals surface area contributed by atoms with Gasteiger partial charge in [0.05, 0.1) is 6.04 Å². The lowest BCUT2D eigenvalue weighted by atomic mass is 10.0. The fourth-order valence-corrected chi connectivity index (χ4v) is 3.71. The van der Waals surface area contributed by atoms with Crippen LogP contribution in [0.1, 0.15) is 58.8 Å². The Bertz CT molecular complexity index is 945. The first-order chi connectivity index (χ1) is 13.7. The van der Waals surface area contributed by atoms with E-state index in [4.69, 9.17) is 9.15 Å². The molecule has 0 saturated heterocycles. The minimum Gasteiger partial charge on any atom is -0.486 e. The van der Waals surface area contributed by atoms with E-state index in [-0.39, 0.29) is 11.9 Å². The lowest BCUT2D eigenvalue weighted by Crippen LogP contribution is -2.27. The van der Waals surface area contributed by atoms with Gasteiger partial charge in [0.15, 0.2) is 5.76 Å². The second-order valence-corrected chi connectivity index (χ2v) is 7.18. The molecule has 1 aliphatic carbocycles. The number of aryl methyl sites for hydroxylation is 2. The van der Waals surface area contributed by atoms with Gasteiger partial charge in [0.1, 0.15) is 18.1 Å². The van der Waals surface area contributed by atoms with Gasteiger partial charge >= 0.3 is 0 Å². The smallest absolute Gasteiger partial charge is 0.287 e. The Morgan fingerprint density at radius 2 is 1.89 bits per heavy atom. The summed E-state index contributed by atoms with van der Waals surface area (Å²) in [4.78, 5) is 12.6. The Balaban J connectivity index is 1.36. The summed E-state index contributed by atoms with van der Waals surface area (Å²) in [7, 11) is 0. The second-order valence-electron chi connectivity index (χ2n) is 7.18. The van der Waals surface area contributed by atoms with E-state index in [1.54, 1.807) is 12.1 Å². The number of amides is 1. The molecule has 0 saturated carbocycles. The number of nitrogens with one attached hydrogen (secondary N) is 1. The molecule has 1 aromatic heterocycles. The van der Waals surface area contributed by atoms with Gasteiger partial charge in [0.25, 0.3) is 5.91 Å². The summed E-state index contributed by atoms with van der Waals surface area (Å²) >= 11 is 0. The Morgan fingerprint density at radius 3 is 2.71 bits per heavy atom. The number of benzene rings is 2. The van der Waals surface area contributed by atoms with Crippen molar-refractivity contribution in [3.05, 3.63) is 88.9 Å². The van der Waals surface area contributed by atoms with E-state index in [1.807, 2.05) is 36.4 Å². The van der Waals surface area contributed by atoms with Crippen LogP contribution in [0.4, 0.5) is 0 Å². The van der Waals surface area contributed by atoms with Gasteiger partial charge in [-0.15, -0.1) is 0 Å². The number of hydrogen-bond donors (Lipinski definition) is 1. The Labute approximate surface area is 165 Å². The lowest BCUT2D eigenvalue weighted by Gasteiger charge is -2.16. The van der Waals surface area contributed by atoms with Crippen LogP contribution in [0.2, 0.25) is 0 Å². The molecule has 0 bridgehead atoms. The molecule has 4 rings (SSSR count). The zero-order valence-corrected chi connectivity index (χ0v) is 16.1. The summed E-state index contributed by atoms with van der Waals surface area (Å²) in [5, 5.41) is 3.04. The van der Waals surface area contributed by atoms with Crippen molar-refractivity contribution < 1.29 is 13.9 Å². The van der Waals surface area contributed by atoms with Gasteiger partial charge < -0.3 is 14.5 Å². The van der Waals surface area contributed by atoms with Crippen molar-refractivity contribution in [3.63, 3.8) is 0 Å². The topological polar surface area (TPSA) is 51.5 Å². The van der Waals surface area contributed by atoms with Crippen LogP contribution in [-0.4, -0.2) is 5.91 Å². The molecule has 0 aliphatic heterocycles. The SMILES string of the molecule is CCC(NC(=O)c1ccc(COc2ccc3c(c2)CCC3)o1)c1ccccc1. The van der Waals surface area contributed by atoms with E-state index in [2.05, 4.69) is 24.4 Å². The number of ether oxygens (including phenoxy) is 1. The lowest BCUT2D eigenvalue weighted by molar-refractivity contribution is 0.0903. The molecule has 1 unspecified atom stereocenters. The molecule has 3 aromatic rings. The number of carbonyl (C=O) groups excluding carboxylic acids is 1. The molecule has 2 aromatic carbocycles. The van der Waals surface area contributed by atoms with E-state index in [0.29, 0.717) is 18.1 Å². The fraction of sp³-hybridized carbons (Fsp3) is 0.292. The van der Waals surface area contributed by atoms with Crippen LogP contribution >= 0.6 is 0 Å². The molecule has 1 heterocycles. The number of hydrogen-bond acceptors (Lipinski definition) is 3. The molecule has 4 nitrogen and oxygen atoms in total. The maximum Gasteiger partial charge on any atom is 0.287 e. The zero-order valence-electron chi connectivity index (χ0n) is 16.1. The molecule has 1 aliphatic rings. The molecule has 28 heavy (non-hydrogen) atoms. The molecule has 144 valence electrons. The van der Waals surface area contributed by atoms with Crippen molar-refractivity contribution in [2.45, 2.75) is 45.3 Å². The first kappa shape index (κ1) is 18.4. The van der Waals surface area contributed by atoms with Crippen molar-refractivity contribution >= 4 is 5.91 Å². The van der Waals surface area contributed by atoms with Gasteiger partial charge in [-0.25, -0.2) is 0 Å². The molecule has 1 atom stereocenters. The van der Waals surface area contributed by atoms with Gasteiger partial charge in [-0.3, -0.25) is 4.79 Å². The Hall–Kier alpha value is -3.01. The monoisotopic (exact) mass is 375 g/mol. The summed E-state index contributed by atoms with van der Waals surface area (Å²) in [6.07, 6.45) is 4.31. The summed E-state index contributed by atoms with van der Waals surface area (Å²) in [5.41, 5.74) is 3.89. The molecular weight excluding hydrogens is 350 g/mol. The number of furan rings is 1. The van der Waals surface area contributed by atoms with E-state index in [9.17, 15) is 4.79 Å². The number of rotatable bonds is 7. The van der Waals surface area contributed by atoms with Gasteiger partial charge in [0, 0.05) is 0 Å². The van der Waals surface area contributed by atoms with Gasteiger partial charge in [-0.05, 0) is 66.6 Å². The summed E-state index contributed by atoms with van der Waals surface area (Å²) in [6.45, 7) is 2.36. The molecule has 4 heteroatoms. The van der Waals surface area contributed by atoms with Crippen LogP contribution in [0, 0.1) is 0 Å². The summed E-state index contributed by atoms with van der Waals surface area (Å²) < 4.78 is 11.6. The largest absolute Gasteiger partial charge is 0.486 e. The van der Waals surface area contributed by atoms with E-state index >= 15 is 0 Å². The van der Waals surface area contributed by atoms with E-state index < -0.39 is 0 Å². The third kappa shape index (κ3) is 4.11. The molecule has 0 fully saturated rings. The fourth-order valence-electron chi connectivity index (χ4n) is 3.71. The maximum atomic E-state index is 12.6. The van der Waals surface area contributed by atoms with Gasteiger partial charge in [-0.2, -0.15) is 0 Å². The van der Waals surface area contributed by atoms with Crippen molar-refractivity contribution in [3.8, 4) is 5.75 Å². The van der Waals surface area contributed by atoms with Crippen molar-refractivity contribution in [2.24, 2.45) is 0 Å². The van der Waals surface area contributed by atoms with E-state index in [0.717, 1.165) is 30.6 Å². The normalized spacial score (nSPS) is 13.8. The number of carbonyl (C=O) groups is 1. The van der Waals surface area contributed by atoms with E-state index in [1.165, 1.54) is 17.5 Å². The van der Waals surface area contributed by atoms with Crippen molar-refractivity contribution in [1.29, 1.82) is 0 Å². The predicted molar refractivity (Wildman–Crippen MR) is 108 cm³/mol. The van der Waals surface area contributed by atoms with Crippen LogP contribution in [0.15, 0.2) is 65.1 Å². The highest BCUT2D eigenvalue weighted by Gasteiger charge is 2.17. The average Bonchev–Trinajstić information content (AvgIpc) is 3.40. The highest BCUT2D eigenvalue weighted by molar-refractivity contribution is 5.91. The van der Waals surface area contributed by atoms with Crippen LogP contribution in [0.3, 0.4) is 0 Å². The third-order valence-electron chi connectivity index (χ3n) is 5.25. The van der Waals surface area contributed by atoms with Crippen LogP contribution < -0.4 is 10.1 Å². The maximum absolute atomic E-state index is 12.6. The molecule has 1 N–H and O–H groups in total. The van der Waals surface area contributed by atoms with Crippen molar-refractivity contribution in [2.75, 3.05) is 0 Å². The van der Waals surface area contributed by atoms with Crippen molar-refractivity contribution in [1.82, 2.24) is 5.32 Å². The predicted octanol–water partition coefficient (Wildman–Crippen LogP) is 5.23. The standard InChI is InChI=1S/C24H25NO3/c1-2-22(18-7-4-3-5-8-18)25-24(26)23-14-13-21(28-23)16-27-20-12-11-17-9-6-10-19(17)15-20/h3-5,7-8,11-15,22H,2,6,9-10,16H2,1H3,(H,25,26). The quantitative estimate of drug-likeness (QED) is 0.615. The highest BCUT2D eigenvalue weighted by Crippen LogP contribution is 2.26. The molecule has 1 amide bonds. The molecule has 0 radical (unpaired) electrons. The molecular formula is C24H25NO3. The van der Waals surface area contributed by atoms with Crippen LogP contribution in [0.25, 0.3) is 0 Å². The zero-order chi connectivity index (χ0) is 19.3. The minimum absolute atomic E-state index is 0.0371.